The van der Waals surface area contributed by atoms with Crippen LogP contribution in [0.3, 0.4) is 0 Å². The Morgan fingerprint density at radius 3 is 2.26 bits per heavy atom. The number of hydrogen-bond donors (Lipinski definition) is 1. The standard InChI is InChI=1S/C25H25N3OS2/c1-15-6-3-7-18(16(15)2)28-25(29)17-10-11-19-20(14-17)27-24(22-9-5-13-31-22)23(26-19)21-8-4-12-30-21/h4-5,8-16,18H,3,6-7H2,1-2H3,(H,28,29)/t15-,16-,18+/m1/s1. The Labute approximate surface area is 190 Å². The quantitative estimate of drug-likeness (QED) is 0.381. The van der Waals surface area contributed by atoms with Crippen LogP contribution in [0.4, 0.5) is 0 Å². The number of fused-ring (bicyclic) bond motifs is 1. The molecule has 1 aromatic carbocycles. The zero-order chi connectivity index (χ0) is 21.4. The molecule has 0 aliphatic heterocycles. The molecule has 0 spiro atoms. The fourth-order valence-electron chi connectivity index (χ4n) is 4.40. The predicted molar refractivity (Wildman–Crippen MR) is 130 cm³/mol. The maximum absolute atomic E-state index is 13.0. The van der Waals surface area contributed by atoms with Gasteiger partial charge in [-0.3, -0.25) is 4.79 Å². The van der Waals surface area contributed by atoms with Crippen molar-refractivity contribution in [2.24, 2.45) is 11.8 Å². The van der Waals surface area contributed by atoms with Crippen LogP contribution >= 0.6 is 22.7 Å². The van der Waals surface area contributed by atoms with Crippen molar-refractivity contribution in [2.75, 3.05) is 0 Å². The fraction of sp³-hybridized carbons (Fsp3) is 0.320. The van der Waals surface area contributed by atoms with E-state index in [1.807, 2.05) is 30.3 Å². The summed E-state index contributed by atoms with van der Waals surface area (Å²) in [4.78, 5) is 25.1. The van der Waals surface area contributed by atoms with Crippen LogP contribution in [0.2, 0.25) is 0 Å². The molecular weight excluding hydrogens is 422 g/mol. The normalized spacial score (nSPS) is 21.3. The molecule has 1 aliphatic carbocycles. The second-order valence-electron chi connectivity index (χ2n) is 8.43. The largest absolute Gasteiger partial charge is 0.349 e. The van der Waals surface area contributed by atoms with E-state index in [9.17, 15) is 4.79 Å². The minimum Gasteiger partial charge on any atom is -0.349 e. The number of nitrogens with one attached hydrogen (secondary N) is 1. The molecular formula is C25H25N3OS2. The molecule has 0 bridgehead atoms. The Kier molecular flexibility index (Phi) is 5.59. The number of hydrogen-bond acceptors (Lipinski definition) is 5. The van der Waals surface area contributed by atoms with Crippen molar-refractivity contribution in [1.82, 2.24) is 15.3 Å². The topological polar surface area (TPSA) is 54.9 Å². The van der Waals surface area contributed by atoms with Crippen molar-refractivity contribution < 1.29 is 4.79 Å². The van der Waals surface area contributed by atoms with Crippen LogP contribution in [-0.4, -0.2) is 21.9 Å². The minimum atomic E-state index is -0.0188. The first-order valence-corrected chi connectivity index (χ1v) is 12.6. The molecule has 5 rings (SSSR count). The van der Waals surface area contributed by atoms with Gasteiger partial charge in [0.2, 0.25) is 0 Å². The molecule has 1 aliphatic rings. The van der Waals surface area contributed by atoms with Gasteiger partial charge >= 0.3 is 0 Å². The van der Waals surface area contributed by atoms with Crippen molar-refractivity contribution in [2.45, 2.75) is 39.2 Å². The molecule has 3 heterocycles. The SMILES string of the molecule is C[C@@H]1[C@H](C)CCC[C@@H]1NC(=O)c1ccc2nc(-c3cccs3)c(-c3cccs3)nc2c1. The van der Waals surface area contributed by atoms with Crippen LogP contribution < -0.4 is 5.32 Å². The van der Waals surface area contributed by atoms with Crippen LogP contribution in [0, 0.1) is 11.8 Å². The van der Waals surface area contributed by atoms with Gasteiger partial charge in [-0.1, -0.05) is 38.8 Å². The Balaban J connectivity index is 1.51. The molecule has 0 radical (unpaired) electrons. The van der Waals surface area contributed by atoms with Crippen molar-refractivity contribution >= 4 is 39.6 Å². The highest BCUT2D eigenvalue weighted by atomic mass is 32.1. The van der Waals surface area contributed by atoms with Crippen LogP contribution in [0.5, 0.6) is 0 Å². The van der Waals surface area contributed by atoms with Crippen LogP contribution in [0.1, 0.15) is 43.5 Å². The Morgan fingerprint density at radius 1 is 0.935 bits per heavy atom. The summed E-state index contributed by atoms with van der Waals surface area (Å²) in [6.07, 6.45) is 3.48. The average molecular weight is 448 g/mol. The number of aromatic nitrogens is 2. The molecule has 31 heavy (non-hydrogen) atoms. The predicted octanol–water partition coefficient (Wildman–Crippen LogP) is 6.64. The summed E-state index contributed by atoms with van der Waals surface area (Å²) < 4.78 is 0. The number of benzene rings is 1. The van der Waals surface area contributed by atoms with Gasteiger partial charge in [-0.25, -0.2) is 9.97 Å². The van der Waals surface area contributed by atoms with Crippen LogP contribution in [0.15, 0.2) is 53.2 Å². The van der Waals surface area contributed by atoms with Crippen molar-refractivity contribution in [3.8, 4) is 21.1 Å². The summed E-state index contributed by atoms with van der Waals surface area (Å²) in [5.74, 6) is 1.12. The third-order valence-corrected chi connectivity index (χ3v) is 8.21. The van der Waals surface area contributed by atoms with Gasteiger partial charge in [0.25, 0.3) is 5.91 Å². The van der Waals surface area contributed by atoms with Gasteiger partial charge < -0.3 is 5.32 Å². The number of carbonyl (C=O) groups excluding carboxylic acids is 1. The van der Waals surface area contributed by atoms with Gasteiger partial charge in [0.15, 0.2) is 0 Å². The summed E-state index contributed by atoms with van der Waals surface area (Å²) >= 11 is 3.31. The van der Waals surface area contributed by atoms with Crippen LogP contribution in [-0.2, 0) is 0 Å². The molecule has 0 unspecified atom stereocenters. The molecule has 3 aromatic heterocycles. The third-order valence-electron chi connectivity index (χ3n) is 6.46. The smallest absolute Gasteiger partial charge is 0.251 e. The second kappa shape index (κ2) is 8.52. The van der Waals surface area contributed by atoms with Gasteiger partial charge in [0, 0.05) is 11.6 Å². The zero-order valence-electron chi connectivity index (χ0n) is 17.7. The summed E-state index contributed by atoms with van der Waals surface area (Å²) in [5, 5.41) is 7.38. The van der Waals surface area contributed by atoms with E-state index in [0.29, 0.717) is 17.4 Å². The lowest BCUT2D eigenvalue weighted by Crippen LogP contribution is -2.43. The molecule has 1 N–H and O–H groups in total. The van der Waals surface area contributed by atoms with E-state index in [4.69, 9.17) is 9.97 Å². The molecule has 3 atom stereocenters. The Bertz CT molecular complexity index is 1200. The van der Waals surface area contributed by atoms with E-state index >= 15 is 0 Å². The molecule has 1 fully saturated rings. The average Bonchev–Trinajstić information content (AvgIpc) is 3.50. The fourth-order valence-corrected chi connectivity index (χ4v) is 5.83. The van der Waals surface area contributed by atoms with Crippen LogP contribution in [0.25, 0.3) is 32.2 Å². The van der Waals surface area contributed by atoms with Gasteiger partial charge in [-0.05, 0) is 59.3 Å². The number of amides is 1. The number of nitrogens with zero attached hydrogens (tertiary/aromatic N) is 2. The first-order chi connectivity index (χ1) is 15.1. The van der Waals surface area contributed by atoms with Gasteiger partial charge in [-0.2, -0.15) is 0 Å². The second-order valence-corrected chi connectivity index (χ2v) is 10.3. The Hall–Kier alpha value is -2.57. The highest BCUT2D eigenvalue weighted by molar-refractivity contribution is 7.14. The van der Waals surface area contributed by atoms with E-state index in [2.05, 4.69) is 42.1 Å². The number of rotatable bonds is 4. The highest BCUT2D eigenvalue weighted by Crippen LogP contribution is 2.35. The third kappa shape index (κ3) is 4.02. The first-order valence-electron chi connectivity index (χ1n) is 10.8. The molecule has 1 saturated carbocycles. The molecule has 4 aromatic rings. The van der Waals surface area contributed by atoms with Crippen molar-refractivity contribution in [1.29, 1.82) is 0 Å². The monoisotopic (exact) mass is 447 g/mol. The lowest BCUT2D eigenvalue weighted by atomic mass is 9.78. The van der Waals surface area contributed by atoms with E-state index < -0.39 is 0 Å². The number of thiophene rings is 2. The lowest BCUT2D eigenvalue weighted by molar-refractivity contribution is 0.0891. The van der Waals surface area contributed by atoms with E-state index in [0.717, 1.165) is 38.6 Å². The molecule has 0 saturated heterocycles. The highest BCUT2D eigenvalue weighted by Gasteiger charge is 2.28. The van der Waals surface area contributed by atoms with Gasteiger partial charge in [0.05, 0.1) is 20.8 Å². The molecule has 158 valence electrons. The molecule has 6 heteroatoms. The molecule has 4 nitrogen and oxygen atoms in total. The van der Waals surface area contributed by atoms with Crippen molar-refractivity contribution in [3.63, 3.8) is 0 Å². The summed E-state index contributed by atoms with van der Waals surface area (Å²) in [6.45, 7) is 4.53. The first kappa shape index (κ1) is 20.3. The van der Waals surface area contributed by atoms with E-state index in [-0.39, 0.29) is 11.9 Å². The summed E-state index contributed by atoms with van der Waals surface area (Å²) in [5.41, 5.74) is 3.97. The summed E-state index contributed by atoms with van der Waals surface area (Å²) in [6, 6.07) is 14.1. The summed E-state index contributed by atoms with van der Waals surface area (Å²) in [7, 11) is 0. The Morgan fingerprint density at radius 2 is 1.61 bits per heavy atom. The molecule has 1 amide bonds. The zero-order valence-corrected chi connectivity index (χ0v) is 19.3. The number of carbonyl (C=O) groups is 1. The maximum Gasteiger partial charge on any atom is 0.251 e. The van der Waals surface area contributed by atoms with Crippen molar-refractivity contribution in [3.05, 3.63) is 58.8 Å². The minimum absolute atomic E-state index is 0.0188. The maximum atomic E-state index is 13.0. The van der Waals surface area contributed by atoms with E-state index in [1.165, 1.54) is 12.8 Å². The van der Waals surface area contributed by atoms with Gasteiger partial charge in [0.1, 0.15) is 11.4 Å². The lowest BCUT2D eigenvalue weighted by Gasteiger charge is -2.34. The van der Waals surface area contributed by atoms with E-state index in [1.54, 1.807) is 22.7 Å². The van der Waals surface area contributed by atoms with Gasteiger partial charge in [-0.15, -0.1) is 22.7 Å².